The van der Waals surface area contributed by atoms with E-state index in [4.69, 9.17) is 16.3 Å². The smallest absolute Gasteiger partial charge is 0.239 e. The highest BCUT2D eigenvalue weighted by molar-refractivity contribution is 6.29. The summed E-state index contributed by atoms with van der Waals surface area (Å²) in [5.41, 5.74) is 0. The predicted octanol–water partition coefficient (Wildman–Crippen LogP) is 0.637. The van der Waals surface area contributed by atoms with Crippen LogP contribution in [-0.2, 0) is 9.53 Å². The Balaban J connectivity index is 2.53. The summed E-state index contributed by atoms with van der Waals surface area (Å²) in [5, 5.41) is 3.10. The zero-order valence-corrected chi connectivity index (χ0v) is 11.5. The molecule has 1 N–H and O–H groups in total. The van der Waals surface area contributed by atoms with Gasteiger partial charge in [0, 0.05) is 26.8 Å². The molecule has 1 rings (SSSR count). The summed E-state index contributed by atoms with van der Waals surface area (Å²) < 4.78 is 4.85. The van der Waals surface area contributed by atoms with Crippen molar-refractivity contribution in [2.24, 2.45) is 0 Å². The van der Waals surface area contributed by atoms with E-state index in [1.807, 2.05) is 0 Å². The van der Waals surface area contributed by atoms with Gasteiger partial charge in [-0.3, -0.25) is 4.79 Å². The van der Waals surface area contributed by atoms with Gasteiger partial charge in [-0.25, -0.2) is 9.97 Å². The largest absolute Gasteiger partial charge is 0.383 e. The number of ether oxygens (including phenoxy) is 1. The fourth-order valence-corrected chi connectivity index (χ4v) is 1.58. The maximum absolute atomic E-state index is 11.6. The Morgan fingerprint density at radius 1 is 1.56 bits per heavy atom. The first kappa shape index (κ1) is 14.7. The number of carbonyl (C=O) groups excluding carboxylic acids is 1. The lowest BCUT2D eigenvalue weighted by Crippen LogP contribution is -2.37. The lowest BCUT2D eigenvalue weighted by atomic mass is 10.4. The van der Waals surface area contributed by atoms with E-state index >= 15 is 0 Å². The molecule has 0 fully saturated rings. The van der Waals surface area contributed by atoms with Crippen molar-refractivity contribution >= 4 is 23.3 Å². The Morgan fingerprint density at radius 3 is 2.89 bits per heavy atom. The van der Waals surface area contributed by atoms with Crippen LogP contribution in [0.2, 0.25) is 5.15 Å². The minimum atomic E-state index is -0.0954. The van der Waals surface area contributed by atoms with Crippen LogP contribution in [0.3, 0.4) is 0 Å². The Morgan fingerprint density at radius 2 is 2.28 bits per heavy atom. The number of hydrogen-bond donors (Lipinski definition) is 1. The molecule has 0 bridgehead atoms. The number of anilines is 1. The maximum Gasteiger partial charge on any atom is 0.239 e. The molecule has 0 aliphatic carbocycles. The quantitative estimate of drug-likeness (QED) is 0.608. The molecule has 1 heterocycles. The summed E-state index contributed by atoms with van der Waals surface area (Å²) in [5.74, 6) is 1.10. The molecule has 0 aliphatic heterocycles. The molecule has 1 aromatic rings. The molecule has 0 unspecified atom stereocenters. The van der Waals surface area contributed by atoms with Gasteiger partial charge in [0.05, 0.1) is 13.2 Å². The molecule has 0 saturated carbocycles. The Bertz CT molecular complexity index is 394. The van der Waals surface area contributed by atoms with Crippen LogP contribution in [-0.4, -0.2) is 49.7 Å². The number of hydrogen-bond acceptors (Lipinski definition) is 5. The average Bonchev–Trinajstić information content (AvgIpc) is 2.28. The van der Waals surface area contributed by atoms with E-state index in [1.54, 1.807) is 32.0 Å². The van der Waals surface area contributed by atoms with Gasteiger partial charge in [-0.1, -0.05) is 11.6 Å². The molecule has 0 saturated heterocycles. The van der Waals surface area contributed by atoms with Crippen LogP contribution in [0.4, 0.5) is 5.82 Å². The first-order valence-corrected chi connectivity index (χ1v) is 5.88. The molecule has 6 nitrogen and oxygen atoms in total. The van der Waals surface area contributed by atoms with E-state index in [0.29, 0.717) is 29.9 Å². The van der Waals surface area contributed by atoms with Crippen LogP contribution >= 0.6 is 11.6 Å². The van der Waals surface area contributed by atoms with Gasteiger partial charge >= 0.3 is 0 Å². The van der Waals surface area contributed by atoms with Gasteiger partial charge in [0.2, 0.25) is 5.91 Å². The van der Waals surface area contributed by atoms with Gasteiger partial charge in [-0.15, -0.1) is 0 Å². The monoisotopic (exact) mass is 272 g/mol. The second-order valence-corrected chi connectivity index (χ2v) is 4.18. The molecule has 0 atom stereocenters. The zero-order valence-electron chi connectivity index (χ0n) is 10.7. The second-order valence-electron chi connectivity index (χ2n) is 3.79. The number of likely N-dealkylation sites (N-methyl/N-ethyl adjacent to an activating group) is 1. The van der Waals surface area contributed by atoms with E-state index in [2.05, 4.69) is 15.3 Å². The highest BCUT2D eigenvalue weighted by atomic mass is 35.5. The highest BCUT2D eigenvalue weighted by Crippen LogP contribution is 2.14. The number of nitrogens with zero attached hydrogens (tertiary/aromatic N) is 3. The van der Waals surface area contributed by atoms with E-state index in [1.165, 1.54) is 0 Å². The fourth-order valence-electron chi connectivity index (χ4n) is 1.36. The Hall–Kier alpha value is -1.40. The number of halogens is 1. The van der Waals surface area contributed by atoms with E-state index in [9.17, 15) is 4.79 Å². The summed E-state index contributed by atoms with van der Waals surface area (Å²) in [7, 11) is 3.36. The van der Waals surface area contributed by atoms with E-state index < -0.39 is 0 Å². The molecule has 0 aliphatic rings. The van der Waals surface area contributed by atoms with Crippen LogP contribution in [0.5, 0.6) is 0 Å². The molecule has 1 amide bonds. The molecule has 0 aromatic carbocycles. The molecule has 100 valence electrons. The van der Waals surface area contributed by atoms with Crippen molar-refractivity contribution in [1.29, 1.82) is 0 Å². The molecule has 1 aromatic heterocycles. The third-order valence-electron chi connectivity index (χ3n) is 2.19. The van der Waals surface area contributed by atoms with Gasteiger partial charge in [0.25, 0.3) is 0 Å². The van der Waals surface area contributed by atoms with Gasteiger partial charge in [-0.05, 0) is 6.92 Å². The number of amides is 1. The average molecular weight is 273 g/mol. The van der Waals surface area contributed by atoms with Crippen molar-refractivity contribution in [2.75, 3.05) is 38.8 Å². The fraction of sp³-hybridized carbons (Fsp3) is 0.545. The highest BCUT2D eigenvalue weighted by Gasteiger charge is 2.09. The van der Waals surface area contributed by atoms with Crippen molar-refractivity contribution in [1.82, 2.24) is 15.3 Å². The standard InChI is InChI=1S/C11H17ClN4O2/c1-8-14-9(12)6-10(15-8)16(2)7-11(17)13-4-5-18-3/h6H,4-5,7H2,1-3H3,(H,13,17). The number of rotatable bonds is 6. The topological polar surface area (TPSA) is 67.3 Å². The summed E-state index contributed by atoms with van der Waals surface area (Å²) in [4.78, 5) is 21.5. The lowest BCUT2D eigenvalue weighted by molar-refractivity contribution is -0.119. The molecule has 0 radical (unpaired) electrons. The van der Waals surface area contributed by atoms with Crippen molar-refractivity contribution in [2.45, 2.75) is 6.92 Å². The third kappa shape index (κ3) is 4.85. The maximum atomic E-state index is 11.6. The summed E-state index contributed by atoms with van der Waals surface area (Å²) in [6.07, 6.45) is 0. The van der Waals surface area contributed by atoms with Crippen LogP contribution < -0.4 is 10.2 Å². The van der Waals surface area contributed by atoms with Crippen LogP contribution in [0.15, 0.2) is 6.07 Å². The lowest BCUT2D eigenvalue weighted by Gasteiger charge is -2.18. The molecular weight excluding hydrogens is 256 g/mol. The van der Waals surface area contributed by atoms with Gasteiger partial charge in [0.1, 0.15) is 16.8 Å². The second kappa shape index (κ2) is 7.13. The third-order valence-corrected chi connectivity index (χ3v) is 2.39. The Labute approximate surface area is 111 Å². The SMILES string of the molecule is COCCNC(=O)CN(C)c1cc(Cl)nc(C)n1. The first-order valence-electron chi connectivity index (χ1n) is 5.51. The molecule has 18 heavy (non-hydrogen) atoms. The summed E-state index contributed by atoms with van der Waals surface area (Å²) in [6.45, 7) is 2.94. The predicted molar refractivity (Wildman–Crippen MR) is 69.9 cm³/mol. The van der Waals surface area contributed by atoms with Gasteiger partial charge in [-0.2, -0.15) is 0 Å². The number of nitrogens with one attached hydrogen (secondary N) is 1. The van der Waals surface area contributed by atoms with Crippen molar-refractivity contribution in [3.05, 3.63) is 17.0 Å². The summed E-state index contributed by atoms with van der Waals surface area (Å²) >= 11 is 5.84. The molecule has 0 spiro atoms. The number of carbonyl (C=O) groups is 1. The number of aromatic nitrogens is 2. The van der Waals surface area contributed by atoms with Crippen molar-refractivity contribution in [3.8, 4) is 0 Å². The van der Waals surface area contributed by atoms with Gasteiger partial charge < -0.3 is 15.0 Å². The number of aryl methyl sites for hydroxylation is 1. The minimum Gasteiger partial charge on any atom is -0.383 e. The van der Waals surface area contributed by atoms with Gasteiger partial charge in [0.15, 0.2) is 0 Å². The first-order chi connectivity index (χ1) is 8.52. The number of methoxy groups -OCH3 is 1. The summed E-state index contributed by atoms with van der Waals surface area (Å²) in [6, 6.07) is 1.62. The van der Waals surface area contributed by atoms with E-state index in [0.717, 1.165) is 0 Å². The van der Waals surface area contributed by atoms with Crippen molar-refractivity contribution < 1.29 is 9.53 Å². The van der Waals surface area contributed by atoms with Crippen LogP contribution in [0.25, 0.3) is 0 Å². The normalized spacial score (nSPS) is 10.2. The van der Waals surface area contributed by atoms with Crippen molar-refractivity contribution in [3.63, 3.8) is 0 Å². The zero-order chi connectivity index (χ0) is 13.5. The molecule has 7 heteroatoms. The van der Waals surface area contributed by atoms with Crippen LogP contribution in [0, 0.1) is 6.92 Å². The van der Waals surface area contributed by atoms with Crippen LogP contribution in [0.1, 0.15) is 5.82 Å². The van der Waals surface area contributed by atoms with E-state index in [-0.39, 0.29) is 12.5 Å². The molecular formula is C11H17ClN4O2. The minimum absolute atomic E-state index is 0.0954. The Kier molecular flexibility index (Phi) is 5.80.